The summed E-state index contributed by atoms with van der Waals surface area (Å²) in [6, 6.07) is 0. The number of rotatable bonds is 4. The average molecular weight is 239 g/mol. The van der Waals surface area contributed by atoms with E-state index in [1.165, 1.54) is 48.5 Å². The van der Waals surface area contributed by atoms with Gasteiger partial charge in [-0.05, 0) is 19.9 Å². The van der Waals surface area contributed by atoms with Crippen LogP contribution in [0.2, 0.25) is 0 Å². The van der Waals surface area contributed by atoms with E-state index in [1.807, 2.05) is 18.4 Å². The molecule has 1 aliphatic carbocycles. The van der Waals surface area contributed by atoms with Gasteiger partial charge in [0.1, 0.15) is 10.0 Å². The van der Waals surface area contributed by atoms with Crippen molar-refractivity contribution in [2.24, 2.45) is 0 Å². The highest BCUT2D eigenvalue weighted by Gasteiger charge is 2.18. The van der Waals surface area contributed by atoms with Crippen molar-refractivity contribution in [1.82, 2.24) is 15.5 Å². The van der Waals surface area contributed by atoms with Crippen LogP contribution in [0.25, 0.3) is 0 Å². The maximum atomic E-state index is 4.38. The Balaban J connectivity index is 1.94. The quantitative estimate of drug-likeness (QED) is 0.821. The lowest BCUT2D eigenvalue weighted by Crippen LogP contribution is -2.09. The number of hydrogen-bond donors (Lipinski definition) is 1. The molecule has 0 radical (unpaired) electrons. The van der Waals surface area contributed by atoms with Gasteiger partial charge in [-0.2, -0.15) is 0 Å². The van der Waals surface area contributed by atoms with Gasteiger partial charge in [0.25, 0.3) is 0 Å². The molecule has 16 heavy (non-hydrogen) atoms. The van der Waals surface area contributed by atoms with Crippen LogP contribution in [0.4, 0.5) is 0 Å². The highest BCUT2D eigenvalue weighted by atomic mass is 32.1. The second-order valence-corrected chi connectivity index (χ2v) is 5.67. The van der Waals surface area contributed by atoms with Gasteiger partial charge in [-0.1, -0.05) is 25.7 Å². The topological polar surface area (TPSA) is 37.8 Å². The number of aromatic nitrogens is 2. The molecule has 0 aliphatic heterocycles. The van der Waals surface area contributed by atoms with Gasteiger partial charge >= 0.3 is 0 Å². The molecule has 2 rings (SSSR count). The SMILES string of the molecule is CNCCc1nnc(C2CCCCCC2)s1. The molecule has 3 nitrogen and oxygen atoms in total. The van der Waals surface area contributed by atoms with E-state index in [9.17, 15) is 0 Å². The maximum absolute atomic E-state index is 4.38. The summed E-state index contributed by atoms with van der Waals surface area (Å²) >= 11 is 1.83. The fourth-order valence-electron chi connectivity index (χ4n) is 2.29. The molecule has 0 amide bonds. The van der Waals surface area contributed by atoms with E-state index in [2.05, 4.69) is 15.5 Å². The van der Waals surface area contributed by atoms with Crippen molar-refractivity contribution in [3.8, 4) is 0 Å². The van der Waals surface area contributed by atoms with Crippen LogP contribution in [0.1, 0.15) is 54.5 Å². The normalized spacial score (nSPS) is 18.6. The third kappa shape index (κ3) is 3.25. The van der Waals surface area contributed by atoms with E-state index in [1.54, 1.807) is 0 Å². The molecule has 1 N–H and O–H groups in total. The third-order valence-corrected chi connectivity index (χ3v) is 4.42. The van der Waals surface area contributed by atoms with Gasteiger partial charge in [-0.25, -0.2) is 0 Å². The Morgan fingerprint density at radius 3 is 2.62 bits per heavy atom. The summed E-state index contributed by atoms with van der Waals surface area (Å²) in [4.78, 5) is 0. The lowest BCUT2D eigenvalue weighted by molar-refractivity contribution is 0.583. The van der Waals surface area contributed by atoms with Crippen molar-refractivity contribution in [2.75, 3.05) is 13.6 Å². The van der Waals surface area contributed by atoms with E-state index in [-0.39, 0.29) is 0 Å². The molecular formula is C12H21N3S. The highest BCUT2D eigenvalue weighted by Crippen LogP contribution is 2.33. The molecule has 1 aromatic heterocycles. The first-order chi connectivity index (χ1) is 7.90. The highest BCUT2D eigenvalue weighted by molar-refractivity contribution is 7.11. The molecule has 1 heterocycles. The summed E-state index contributed by atoms with van der Waals surface area (Å²) in [5, 5.41) is 14.3. The molecule has 0 atom stereocenters. The smallest absolute Gasteiger partial charge is 0.120 e. The van der Waals surface area contributed by atoms with Gasteiger partial charge in [-0.15, -0.1) is 21.5 Å². The zero-order valence-corrected chi connectivity index (χ0v) is 10.9. The third-order valence-electron chi connectivity index (χ3n) is 3.28. The van der Waals surface area contributed by atoms with Crippen LogP contribution < -0.4 is 5.32 Å². The number of hydrogen-bond acceptors (Lipinski definition) is 4. The Kier molecular flexibility index (Phi) is 4.72. The second kappa shape index (κ2) is 6.30. The summed E-state index contributed by atoms with van der Waals surface area (Å²) in [5.41, 5.74) is 0. The standard InChI is InChI=1S/C12H21N3S/c1-13-9-8-11-14-15-12(16-11)10-6-4-2-3-5-7-10/h10,13H,2-9H2,1H3. The molecule has 0 spiro atoms. The minimum atomic E-state index is 0.698. The molecule has 0 bridgehead atoms. The predicted octanol–water partition coefficient (Wildman–Crippen LogP) is 2.74. The Bertz CT molecular complexity index is 303. The van der Waals surface area contributed by atoms with Crippen LogP contribution in [-0.4, -0.2) is 23.8 Å². The van der Waals surface area contributed by atoms with Gasteiger partial charge in [-0.3, -0.25) is 0 Å². The minimum Gasteiger partial charge on any atom is -0.319 e. The Morgan fingerprint density at radius 2 is 1.94 bits per heavy atom. The zero-order valence-electron chi connectivity index (χ0n) is 10.0. The van der Waals surface area contributed by atoms with E-state index in [4.69, 9.17) is 0 Å². The van der Waals surface area contributed by atoms with Crippen molar-refractivity contribution in [3.05, 3.63) is 10.0 Å². The molecular weight excluding hydrogens is 218 g/mol. The monoisotopic (exact) mass is 239 g/mol. The predicted molar refractivity (Wildman–Crippen MR) is 68.0 cm³/mol. The lowest BCUT2D eigenvalue weighted by Gasteiger charge is -2.08. The van der Waals surface area contributed by atoms with Gasteiger partial charge in [0, 0.05) is 18.9 Å². The zero-order chi connectivity index (χ0) is 11.2. The largest absolute Gasteiger partial charge is 0.319 e. The molecule has 0 saturated heterocycles. The van der Waals surface area contributed by atoms with E-state index >= 15 is 0 Å². The van der Waals surface area contributed by atoms with E-state index in [0.717, 1.165) is 13.0 Å². The molecule has 1 saturated carbocycles. The fourth-order valence-corrected chi connectivity index (χ4v) is 3.30. The summed E-state index contributed by atoms with van der Waals surface area (Å²) in [6.07, 6.45) is 9.21. The second-order valence-electron chi connectivity index (χ2n) is 4.58. The number of nitrogens with zero attached hydrogens (tertiary/aromatic N) is 2. The van der Waals surface area contributed by atoms with E-state index < -0.39 is 0 Å². The van der Waals surface area contributed by atoms with Crippen LogP contribution in [0.5, 0.6) is 0 Å². The van der Waals surface area contributed by atoms with E-state index in [0.29, 0.717) is 5.92 Å². The number of nitrogens with one attached hydrogen (secondary N) is 1. The van der Waals surface area contributed by atoms with Crippen LogP contribution in [0.3, 0.4) is 0 Å². The molecule has 0 unspecified atom stereocenters. The molecule has 90 valence electrons. The Morgan fingerprint density at radius 1 is 1.19 bits per heavy atom. The van der Waals surface area contributed by atoms with Gasteiger partial charge in [0.2, 0.25) is 0 Å². The summed E-state index contributed by atoms with van der Waals surface area (Å²) in [5.74, 6) is 0.698. The van der Waals surface area contributed by atoms with Gasteiger partial charge < -0.3 is 5.32 Å². The summed E-state index contributed by atoms with van der Waals surface area (Å²) < 4.78 is 0. The summed E-state index contributed by atoms with van der Waals surface area (Å²) in [6.45, 7) is 0.999. The lowest BCUT2D eigenvalue weighted by atomic mass is 10.0. The molecule has 1 aliphatic rings. The van der Waals surface area contributed by atoms with Crippen molar-refractivity contribution in [3.63, 3.8) is 0 Å². The molecule has 0 aromatic carbocycles. The Labute approximate surface area is 102 Å². The maximum Gasteiger partial charge on any atom is 0.120 e. The van der Waals surface area contributed by atoms with Crippen molar-refractivity contribution >= 4 is 11.3 Å². The van der Waals surface area contributed by atoms with Gasteiger partial charge in [0.05, 0.1) is 0 Å². The minimum absolute atomic E-state index is 0.698. The van der Waals surface area contributed by atoms with Gasteiger partial charge in [0.15, 0.2) is 0 Å². The first kappa shape index (κ1) is 12.0. The first-order valence-electron chi connectivity index (χ1n) is 6.37. The summed E-state index contributed by atoms with van der Waals surface area (Å²) in [7, 11) is 1.98. The molecule has 4 heteroatoms. The van der Waals surface area contributed by atoms with Crippen molar-refractivity contribution in [2.45, 2.75) is 50.9 Å². The average Bonchev–Trinajstić information content (AvgIpc) is 2.60. The molecule has 1 fully saturated rings. The fraction of sp³-hybridized carbons (Fsp3) is 0.833. The number of likely N-dealkylation sites (N-methyl/N-ethyl adjacent to an activating group) is 1. The van der Waals surface area contributed by atoms with Crippen molar-refractivity contribution < 1.29 is 0 Å². The molecule has 1 aromatic rings. The van der Waals surface area contributed by atoms with Crippen LogP contribution >= 0.6 is 11.3 Å². The van der Waals surface area contributed by atoms with Crippen molar-refractivity contribution in [1.29, 1.82) is 0 Å². The first-order valence-corrected chi connectivity index (χ1v) is 7.18. The van der Waals surface area contributed by atoms with Crippen LogP contribution in [-0.2, 0) is 6.42 Å². The van der Waals surface area contributed by atoms with Crippen LogP contribution in [0.15, 0.2) is 0 Å². The Hall–Kier alpha value is -0.480. The van der Waals surface area contributed by atoms with Crippen LogP contribution in [0, 0.1) is 0 Å².